The van der Waals surface area contributed by atoms with Gasteiger partial charge in [0, 0.05) is 19.6 Å². The lowest BCUT2D eigenvalue weighted by Crippen LogP contribution is -2.43. The van der Waals surface area contributed by atoms with Gasteiger partial charge in [-0.1, -0.05) is 0 Å². The van der Waals surface area contributed by atoms with E-state index in [1.165, 1.54) is 0 Å². The van der Waals surface area contributed by atoms with Crippen molar-refractivity contribution in [2.75, 3.05) is 38.6 Å². The second-order valence-corrected chi connectivity index (χ2v) is 4.58. The van der Waals surface area contributed by atoms with Gasteiger partial charge in [0.2, 0.25) is 5.82 Å². The Hall–Kier alpha value is -1.41. The first-order chi connectivity index (χ1) is 9.41. The molecule has 0 radical (unpaired) electrons. The lowest BCUT2D eigenvalue weighted by molar-refractivity contribution is -0.0117. The summed E-state index contributed by atoms with van der Waals surface area (Å²) in [5.74, 6) is -9.84. The van der Waals surface area contributed by atoms with Crippen molar-refractivity contribution in [1.82, 2.24) is 4.90 Å². The smallest absolute Gasteiger partial charge is 0.200 e. The Balaban J connectivity index is 2.13. The molecule has 1 saturated heterocycles. The molecule has 3 nitrogen and oxygen atoms in total. The molecule has 0 bridgehead atoms. The van der Waals surface area contributed by atoms with E-state index >= 15 is 0 Å². The second-order valence-electron chi connectivity index (χ2n) is 4.58. The summed E-state index contributed by atoms with van der Waals surface area (Å²) in [6, 6.07) is 0. The third-order valence-corrected chi connectivity index (χ3v) is 3.06. The summed E-state index contributed by atoms with van der Waals surface area (Å²) in [6.07, 6.45) is -0.385. The van der Waals surface area contributed by atoms with Crippen LogP contribution in [-0.4, -0.2) is 44.3 Å². The molecule has 20 heavy (non-hydrogen) atoms. The van der Waals surface area contributed by atoms with Crippen LogP contribution in [0.4, 0.5) is 27.6 Å². The summed E-state index contributed by atoms with van der Waals surface area (Å²) < 4.78 is 71.0. The lowest BCUT2D eigenvalue weighted by atomic mass is 10.2. The van der Waals surface area contributed by atoms with E-state index in [1.54, 1.807) is 0 Å². The molecule has 1 heterocycles. The number of benzene rings is 1. The fourth-order valence-electron chi connectivity index (χ4n) is 1.97. The monoisotopic (exact) mass is 296 g/mol. The Morgan fingerprint density at radius 2 is 1.60 bits per heavy atom. The van der Waals surface area contributed by atoms with Crippen LogP contribution in [0.25, 0.3) is 0 Å². The topological polar surface area (TPSA) is 24.5 Å². The van der Waals surface area contributed by atoms with Crippen LogP contribution in [-0.2, 0) is 4.74 Å². The molecule has 1 aliphatic rings. The van der Waals surface area contributed by atoms with Crippen LogP contribution in [0.1, 0.15) is 0 Å². The normalized spacial score (nSPS) is 20.2. The summed E-state index contributed by atoms with van der Waals surface area (Å²) >= 11 is 0. The highest BCUT2D eigenvalue weighted by Crippen LogP contribution is 2.27. The van der Waals surface area contributed by atoms with Crippen LogP contribution in [0.15, 0.2) is 0 Å². The SMILES string of the molecule is CN1CCOC(CNc2c(F)c(F)c(F)c(F)c2F)C1. The van der Waals surface area contributed by atoms with Crippen molar-refractivity contribution < 1.29 is 26.7 Å². The van der Waals surface area contributed by atoms with E-state index in [4.69, 9.17) is 4.74 Å². The molecule has 1 atom stereocenters. The van der Waals surface area contributed by atoms with Crippen molar-refractivity contribution >= 4 is 5.69 Å². The number of nitrogens with zero attached hydrogens (tertiary/aromatic N) is 1. The largest absolute Gasteiger partial charge is 0.377 e. The summed E-state index contributed by atoms with van der Waals surface area (Å²) in [5, 5.41) is 2.23. The van der Waals surface area contributed by atoms with Gasteiger partial charge in [-0.05, 0) is 7.05 Å². The van der Waals surface area contributed by atoms with Crippen molar-refractivity contribution in [2.45, 2.75) is 6.10 Å². The van der Waals surface area contributed by atoms with Gasteiger partial charge in [-0.25, -0.2) is 22.0 Å². The van der Waals surface area contributed by atoms with Crippen LogP contribution in [0, 0.1) is 29.1 Å². The first-order valence-corrected chi connectivity index (χ1v) is 5.97. The number of hydrogen-bond acceptors (Lipinski definition) is 3. The molecule has 1 unspecified atom stereocenters. The van der Waals surface area contributed by atoms with Crippen molar-refractivity contribution in [1.29, 1.82) is 0 Å². The Bertz CT molecular complexity index is 482. The molecule has 1 aromatic rings. The van der Waals surface area contributed by atoms with Crippen molar-refractivity contribution in [3.63, 3.8) is 0 Å². The van der Waals surface area contributed by atoms with Gasteiger partial charge < -0.3 is 15.0 Å². The zero-order valence-electron chi connectivity index (χ0n) is 10.7. The minimum atomic E-state index is -2.17. The van der Waals surface area contributed by atoms with Crippen molar-refractivity contribution in [2.24, 2.45) is 0 Å². The van der Waals surface area contributed by atoms with Crippen LogP contribution < -0.4 is 5.32 Å². The molecule has 0 spiro atoms. The second kappa shape index (κ2) is 5.92. The highest BCUT2D eigenvalue weighted by molar-refractivity contribution is 5.47. The average molecular weight is 296 g/mol. The van der Waals surface area contributed by atoms with E-state index < -0.39 is 34.8 Å². The predicted octanol–water partition coefficient (Wildman–Crippen LogP) is 2.12. The van der Waals surface area contributed by atoms with Gasteiger partial charge in [0.1, 0.15) is 5.69 Å². The van der Waals surface area contributed by atoms with E-state index in [2.05, 4.69) is 5.32 Å². The van der Waals surface area contributed by atoms with E-state index in [9.17, 15) is 22.0 Å². The zero-order valence-corrected chi connectivity index (χ0v) is 10.7. The van der Waals surface area contributed by atoms with Gasteiger partial charge in [0.05, 0.1) is 12.7 Å². The highest BCUT2D eigenvalue weighted by atomic mass is 19.2. The van der Waals surface area contributed by atoms with E-state index in [0.29, 0.717) is 13.2 Å². The molecule has 8 heteroatoms. The number of rotatable bonds is 3. The molecule has 112 valence electrons. The Morgan fingerprint density at radius 1 is 1.05 bits per heavy atom. The molecular weight excluding hydrogens is 283 g/mol. The summed E-state index contributed by atoms with van der Waals surface area (Å²) in [6.45, 7) is 1.62. The molecule has 1 aromatic carbocycles. The summed E-state index contributed by atoms with van der Waals surface area (Å²) in [4.78, 5) is 1.94. The number of morpholine rings is 1. The van der Waals surface area contributed by atoms with Gasteiger partial charge in [0.15, 0.2) is 23.3 Å². The number of nitrogens with one attached hydrogen (secondary N) is 1. The molecule has 0 aromatic heterocycles. The van der Waals surface area contributed by atoms with Crippen molar-refractivity contribution in [3.8, 4) is 0 Å². The molecule has 2 rings (SSSR count). The van der Waals surface area contributed by atoms with Gasteiger partial charge in [-0.3, -0.25) is 0 Å². The number of ether oxygens (including phenoxy) is 1. The lowest BCUT2D eigenvalue weighted by Gasteiger charge is -2.30. The first-order valence-electron chi connectivity index (χ1n) is 5.97. The minimum absolute atomic E-state index is 0.0529. The number of halogens is 5. The van der Waals surface area contributed by atoms with Crippen molar-refractivity contribution in [3.05, 3.63) is 29.1 Å². The van der Waals surface area contributed by atoms with E-state index in [-0.39, 0.29) is 12.6 Å². The maximum Gasteiger partial charge on any atom is 0.200 e. The predicted molar refractivity (Wildman–Crippen MR) is 62.0 cm³/mol. The molecule has 1 fully saturated rings. The van der Waals surface area contributed by atoms with Crippen LogP contribution in [0.5, 0.6) is 0 Å². The van der Waals surface area contributed by atoms with Gasteiger partial charge >= 0.3 is 0 Å². The summed E-state index contributed by atoms with van der Waals surface area (Å²) in [5.41, 5.74) is -1.03. The van der Waals surface area contributed by atoms with Gasteiger partial charge in [0.25, 0.3) is 0 Å². The third-order valence-electron chi connectivity index (χ3n) is 3.06. The molecule has 0 amide bonds. The Morgan fingerprint density at radius 3 is 2.15 bits per heavy atom. The van der Waals surface area contributed by atoms with E-state index in [0.717, 1.165) is 6.54 Å². The standard InChI is InChI=1S/C12H13F5N2O/c1-19-2-3-20-6(5-19)4-18-12-10(16)8(14)7(13)9(15)11(12)17/h6,18H,2-5H2,1H3. The molecule has 1 aliphatic heterocycles. The average Bonchev–Trinajstić information content (AvgIpc) is 2.43. The molecular formula is C12H13F5N2O. The number of likely N-dealkylation sites (N-methyl/N-ethyl adjacent to an activating group) is 1. The first kappa shape index (κ1) is 15.0. The van der Waals surface area contributed by atoms with E-state index in [1.807, 2.05) is 11.9 Å². The van der Waals surface area contributed by atoms with Gasteiger partial charge in [-0.2, -0.15) is 0 Å². The summed E-state index contributed by atoms with van der Waals surface area (Å²) in [7, 11) is 1.84. The third kappa shape index (κ3) is 2.85. The molecule has 1 N–H and O–H groups in total. The fourth-order valence-corrected chi connectivity index (χ4v) is 1.97. The maximum atomic E-state index is 13.4. The highest BCUT2D eigenvalue weighted by Gasteiger charge is 2.26. The minimum Gasteiger partial charge on any atom is -0.377 e. The molecule has 0 aliphatic carbocycles. The number of anilines is 1. The van der Waals surface area contributed by atoms with Crippen LogP contribution >= 0.6 is 0 Å². The number of hydrogen-bond donors (Lipinski definition) is 1. The van der Waals surface area contributed by atoms with Crippen LogP contribution in [0.3, 0.4) is 0 Å². The Kier molecular flexibility index (Phi) is 4.44. The van der Waals surface area contributed by atoms with Crippen LogP contribution in [0.2, 0.25) is 0 Å². The fraction of sp³-hybridized carbons (Fsp3) is 0.500. The zero-order chi connectivity index (χ0) is 14.9. The molecule has 0 saturated carbocycles. The Labute approximate surface area is 112 Å². The van der Waals surface area contributed by atoms with Gasteiger partial charge in [-0.15, -0.1) is 0 Å². The maximum absolute atomic E-state index is 13.4. The quantitative estimate of drug-likeness (QED) is 0.525.